The average molecular weight is 355 g/mol. The van der Waals surface area contributed by atoms with Crippen molar-refractivity contribution in [2.75, 3.05) is 0 Å². The third-order valence-corrected chi connectivity index (χ3v) is 4.92. The summed E-state index contributed by atoms with van der Waals surface area (Å²) in [6.45, 7) is 2.83. The quantitative estimate of drug-likeness (QED) is 0.601. The summed E-state index contributed by atoms with van der Waals surface area (Å²) >= 11 is 7.01. The highest BCUT2D eigenvalue weighted by Crippen LogP contribution is 2.32. The molecule has 0 radical (unpaired) electrons. The Hall–Kier alpha value is -2.11. The van der Waals surface area contributed by atoms with Gasteiger partial charge in [0.05, 0.1) is 11.6 Å². The van der Waals surface area contributed by atoms with Crippen LogP contribution in [0.3, 0.4) is 0 Å². The number of aryl methyl sites for hydroxylation is 1. The Labute approximate surface area is 151 Å². The summed E-state index contributed by atoms with van der Waals surface area (Å²) < 4.78 is 8.39. The van der Waals surface area contributed by atoms with Crippen molar-refractivity contribution in [3.05, 3.63) is 84.4 Å². The third-order valence-electron chi connectivity index (χ3n) is 3.57. The molecule has 0 aliphatic rings. The predicted molar refractivity (Wildman–Crippen MR) is 103 cm³/mol. The van der Waals surface area contributed by atoms with Crippen LogP contribution < -0.4 is 4.74 Å². The monoisotopic (exact) mass is 354 g/mol. The number of aromatic nitrogens is 2. The Bertz CT molecular complexity index is 771. The summed E-state index contributed by atoms with van der Waals surface area (Å²) in [6, 6.07) is 18.2. The molecule has 1 aromatic heterocycles. The first-order valence-corrected chi connectivity index (χ1v) is 8.95. The van der Waals surface area contributed by atoms with E-state index >= 15 is 0 Å². The van der Waals surface area contributed by atoms with Crippen molar-refractivity contribution in [3.8, 4) is 5.75 Å². The molecule has 0 bridgehead atoms. The summed E-state index contributed by atoms with van der Waals surface area (Å²) in [5.74, 6) is 0.771. The van der Waals surface area contributed by atoms with E-state index in [1.54, 1.807) is 18.0 Å². The molecule has 1 unspecified atom stereocenters. The Balaban J connectivity index is 1.71. The molecule has 0 saturated heterocycles. The molecular weight excluding hydrogens is 336 g/mol. The molecule has 1 heterocycles. The fraction of sp³-hybridized carbons (Fsp3) is 0.158. The molecule has 0 aliphatic carbocycles. The smallest absolute Gasteiger partial charge is 0.226 e. The van der Waals surface area contributed by atoms with Crippen LogP contribution in [0.2, 0.25) is 0 Å². The fourth-order valence-electron chi connectivity index (χ4n) is 2.31. The second-order valence-electron chi connectivity index (χ2n) is 5.44. The van der Waals surface area contributed by atoms with Gasteiger partial charge >= 0.3 is 0 Å². The lowest BCUT2D eigenvalue weighted by atomic mass is 10.1. The zero-order chi connectivity index (χ0) is 16.8. The highest BCUT2D eigenvalue weighted by Gasteiger charge is 2.16. The molecule has 0 saturated carbocycles. The van der Waals surface area contributed by atoms with Gasteiger partial charge in [0.25, 0.3) is 0 Å². The van der Waals surface area contributed by atoms with Gasteiger partial charge in [-0.1, -0.05) is 59.8 Å². The van der Waals surface area contributed by atoms with Gasteiger partial charge in [0.1, 0.15) is 5.75 Å². The first-order chi connectivity index (χ1) is 11.7. The standard InChI is InChI=1S/C19H18N2OS2/c1-15-7-9-17(10-8-15)22-19(23)24-18(13-21-12-11-20-14-21)16-5-3-2-4-6-16/h2-12,14,18H,13H2,1H3. The van der Waals surface area contributed by atoms with E-state index in [9.17, 15) is 0 Å². The third kappa shape index (κ3) is 4.69. The number of imidazole rings is 1. The van der Waals surface area contributed by atoms with Crippen LogP contribution in [0.15, 0.2) is 73.3 Å². The predicted octanol–water partition coefficient (Wildman–Crippen LogP) is 5.03. The summed E-state index contributed by atoms with van der Waals surface area (Å²) in [7, 11) is 0. The Morgan fingerprint density at radius 1 is 1.17 bits per heavy atom. The number of hydrogen-bond acceptors (Lipinski definition) is 4. The Morgan fingerprint density at radius 2 is 1.92 bits per heavy atom. The number of ether oxygens (including phenoxy) is 1. The maximum atomic E-state index is 5.81. The normalized spacial score (nSPS) is 11.9. The number of thiocarbonyl (C=S) groups is 1. The summed E-state index contributed by atoms with van der Waals surface area (Å²) in [4.78, 5) is 4.11. The minimum absolute atomic E-state index is 0.165. The van der Waals surface area contributed by atoms with Crippen LogP contribution in [0.5, 0.6) is 5.75 Å². The Kier molecular flexibility index (Phi) is 5.67. The molecule has 0 fully saturated rings. The second kappa shape index (κ2) is 8.13. The highest BCUT2D eigenvalue weighted by atomic mass is 32.2. The van der Waals surface area contributed by atoms with Gasteiger partial charge in [0.2, 0.25) is 4.38 Å². The van der Waals surface area contributed by atoms with Crippen LogP contribution >= 0.6 is 24.0 Å². The molecule has 24 heavy (non-hydrogen) atoms. The van der Waals surface area contributed by atoms with Crippen LogP contribution in [0, 0.1) is 6.92 Å². The topological polar surface area (TPSA) is 27.1 Å². The van der Waals surface area contributed by atoms with E-state index in [1.165, 1.54) is 11.1 Å². The molecular formula is C19H18N2OS2. The van der Waals surface area contributed by atoms with Crippen molar-refractivity contribution in [2.45, 2.75) is 18.7 Å². The molecule has 0 spiro atoms. The van der Waals surface area contributed by atoms with Crippen molar-refractivity contribution < 1.29 is 4.74 Å². The van der Waals surface area contributed by atoms with Crippen LogP contribution in [0.25, 0.3) is 0 Å². The SMILES string of the molecule is Cc1ccc(OC(=S)SC(Cn2ccnc2)c2ccccc2)cc1. The van der Waals surface area contributed by atoms with Crippen molar-refractivity contribution in [1.82, 2.24) is 9.55 Å². The van der Waals surface area contributed by atoms with Crippen LogP contribution in [0.1, 0.15) is 16.4 Å². The van der Waals surface area contributed by atoms with E-state index < -0.39 is 0 Å². The van der Waals surface area contributed by atoms with E-state index in [2.05, 4.69) is 21.7 Å². The fourth-order valence-corrected chi connectivity index (χ4v) is 3.67. The number of nitrogens with zero attached hydrogens (tertiary/aromatic N) is 2. The van der Waals surface area contributed by atoms with Gasteiger partial charge in [0.15, 0.2) is 0 Å². The molecule has 0 amide bonds. The average Bonchev–Trinajstić information content (AvgIpc) is 3.10. The molecule has 2 aromatic carbocycles. The lowest BCUT2D eigenvalue weighted by Crippen LogP contribution is -2.10. The van der Waals surface area contributed by atoms with Crippen LogP contribution in [0.4, 0.5) is 0 Å². The highest BCUT2D eigenvalue weighted by molar-refractivity contribution is 8.22. The molecule has 3 rings (SSSR count). The van der Waals surface area contributed by atoms with Crippen LogP contribution in [-0.2, 0) is 6.54 Å². The van der Waals surface area contributed by atoms with Gasteiger partial charge in [-0.05, 0) is 36.8 Å². The summed E-state index contributed by atoms with van der Waals surface area (Å²) in [6.07, 6.45) is 5.56. The Morgan fingerprint density at radius 3 is 2.58 bits per heavy atom. The van der Waals surface area contributed by atoms with Crippen LogP contribution in [-0.4, -0.2) is 13.9 Å². The van der Waals surface area contributed by atoms with E-state index in [4.69, 9.17) is 17.0 Å². The van der Waals surface area contributed by atoms with Crippen molar-refractivity contribution in [2.24, 2.45) is 0 Å². The summed E-state index contributed by atoms with van der Waals surface area (Å²) in [5, 5.41) is 0.165. The van der Waals surface area contributed by atoms with E-state index in [0.29, 0.717) is 4.38 Å². The molecule has 3 nitrogen and oxygen atoms in total. The van der Waals surface area contributed by atoms with E-state index in [1.807, 2.05) is 61.9 Å². The zero-order valence-corrected chi connectivity index (χ0v) is 15.0. The molecule has 0 aliphatic heterocycles. The number of rotatable bonds is 5. The molecule has 122 valence electrons. The minimum atomic E-state index is 0.165. The first kappa shape index (κ1) is 16.7. The lowest BCUT2D eigenvalue weighted by Gasteiger charge is -2.18. The number of hydrogen-bond donors (Lipinski definition) is 0. The second-order valence-corrected chi connectivity index (χ2v) is 7.25. The van der Waals surface area contributed by atoms with Crippen molar-refractivity contribution in [1.29, 1.82) is 0 Å². The largest absolute Gasteiger partial charge is 0.440 e. The van der Waals surface area contributed by atoms with Gasteiger partial charge in [-0.25, -0.2) is 4.98 Å². The van der Waals surface area contributed by atoms with Gasteiger partial charge in [-0.2, -0.15) is 0 Å². The van der Waals surface area contributed by atoms with E-state index in [-0.39, 0.29) is 5.25 Å². The molecule has 1 atom stereocenters. The number of thioether (sulfide) groups is 1. The van der Waals surface area contributed by atoms with E-state index in [0.717, 1.165) is 12.3 Å². The summed E-state index contributed by atoms with van der Waals surface area (Å²) in [5.41, 5.74) is 2.41. The van der Waals surface area contributed by atoms with Gasteiger partial charge in [-0.15, -0.1) is 0 Å². The molecule has 5 heteroatoms. The molecule has 0 N–H and O–H groups in total. The van der Waals surface area contributed by atoms with Gasteiger partial charge < -0.3 is 9.30 Å². The minimum Gasteiger partial charge on any atom is -0.440 e. The first-order valence-electron chi connectivity index (χ1n) is 7.66. The maximum Gasteiger partial charge on any atom is 0.226 e. The van der Waals surface area contributed by atoms with Gasteiger partial charge in [0, 0.05) is 18.9 Å². The van der Waals surface area contributed by atoms with Crippen molar-refractivity contribution >= 4 is 28.4 Å². The van der Waals surface area contributed by atoms with Gasteiger partial charge in [-0.3, -0.25) is 0 Å². The number of benzene rings is 2. The van der Waals surface area contributed by atoms with Crippen molar-refractivity contribution in [3.63, 3.8) is 0 Å². The molecule has 3 aromatic rings. The zero-order valence-electron chi connectivity index (χ0n) is 13.3. The lowest BCUT2D eigenvalue weighted by molar-refractivity contribution is 0.577. The maximum absolute atomic E-state index is 5.81.